The Balaban J connectivity index is 2.14. The zero-order valence-electron chi connectivity index (χ0n) is 10.6. The summed E-state index contributed by atoms with van der Waals surface area (Å²) in [6.45, 7) is 4.42. The minimum atomic E-state index is -0.0495. The van der Waals surface area contributed by atoms with E-state index in [-0.39, 0.29) is 18.6 Å². The highest BCUT2D eigenvalue weighted by Gasteiger charge is 2.25. The van der Waals surface area contributed by atoms with E-state index in [0.29, 0.717) is 25.7 Å². The number of amides is 1. The number of nitrogens with one attached hydrogen (secondary N) is 2. The molecule has 0 aliphatic carbocycles. The van der Waals surface area contributed by atoms with Gasteiger partial charge in [-0.25, -0.2) is 0 Å². The lowest BCUT2D eigenvalue weighted by molar-refractivity contribution is -0.124. The molecule has 1 aliphatic rings. The summed E-state index contributed by atoms with van der Waals surface area (Å²) in [6.07, 6.45) is 3.24. The largest absolute Gasteiger partial charge is 0.394 e. The topological polar surface area (TPSA) is 70.6 Å². The number of piperidine rings is 1. The predicted molar refractivity (Wildman–Crippen MR) is 65.7 cm³/mol. The molecule has 0 aromatic rings. The van der Waals surface area contributed by atoms with Gasteiger partial charge in [-0.2, -0.15) is 0 Å². The Morgan fingerprint density at radius 2 is 2.35 bits per heavy atom. The van der Waals surface area contributed by atoms with Crippen LogP contribution >= 0.6 is 0 Å². The minimum absolute atomic E-state index is 0.0241. The first-order valence-electron chi connectivity index (χ1n) is 6.47. The number of carbonyl (C=O) groups is 1. The van der Waals surface area contributed by atoms with Gasteiger partial charge in [0.1, 0.15) is 0 Å². The van der Waals surface area contributed by atoms with Crippen LogP contribution < -0.4 is 10.6 Å². The van der Waals surface area contributed by atoms with E-state index in [1.165, 1.54) is 6.42 Å². The van der Waals surface area contributed by atoms with Crippen LogP contribution in [0.4, 0.5) is 0 Å². The second-order valence-corrected chi connectivity index (χ2v) is 4.43. The molecule has 0 aromatic heterocycles. The van der Waals surface area contributed by atoms with E-state index >= 15 is 0 Å². The first-order chi connectivity index (χ1) is 8.27. The molecule has 0 radical (unpaired) electrons. The Morgan fingerprint density at radius 3 is 3.06 bits per heavy atom. The molecular formula is C12H24N2O3. The third-order valence-corrected chi connectivity index (χ3v) is 3.19. The number of ether oxygens (including phenoxy) is 1. The zero-order valence-corrected chi connectivity index (χ0v) is 10.6. The van der Waals surface area contributed by atoms with Gasteiger partial charge >= 0.3 is 0 Å². The van der Waals surface area contributed by atoms with Gasteiger partial charge in [0.15, 0.2) is 0 Å². The van der Waals surface area contributed by atoms with Crippen LogP contribution in [0.15, 0.2) is 0 Å². The average molecular weight is 244 g/mol. The molecule has 2 unspecified atom stereocenters. The van der Waals surface area contributed by atoms with E-state index in [1.54, 1.807) is 0 Å². The number of carbonyl (C=O) groups excluding carboxylic acids is 1. The lowest BCUT2D eigenvalue weighted by atomic mass is 9.90. The fraction of sp³-hybridized carbons (Fsp3) is 0.917. The number of aliphatic hydroxyl groups is 1. The molecule has 1 amide bonds. The van der Waals surface area contributed by atoms with Crippen molar-refractivity contribution in [2.24, 2.45) is 5.92 Å². The first-order valence-corrected chi connectivity index (χ1v) is 6.47. The van der Waals surface area contributed by atoms with Crippen molar-refractivity contribution in [3.63, 3.8) is 0 Å². The van der Waals surface area contributed by atoms with Crippen LogP contribution in [0.25, 0.3) is 0 Å². The SMILES string of the molecule is CCC1CCNC(C(=O)NCCOCCO)C1. The second kappa shape index (κ2) is 8.44. The van der Waals surface area contributed by atoms with Crippen molar-refractivity contribution in [3.8, 4) is 0 Å². The van der Waals surface area contributed by atoms with Crippen LogP contribution in [0.3, 0.4) is 0 Å². The molecule has 2 atom stereocenters. The number of hydrogen-bond acceptors (Lipinski definition) is 4. The Hall–Kier alpha value is -0.650. The molecule has 0 aromatic carbocycles. The van der Waals surface area contributed by atoms with Crippen molar-refractivity contribution in [2.45, 2.75) is 32.2 Å². The maximum atomic E-state index is 11.8. The maximum Gasteiger partial charge on any atom is 0.237 e. The van der Waals surface area contributed by atoms with Crippen LogP contribution in [0.5, 0.6) is 0 Å². The highest BCUT2D eigenvalue weighted by molar-refractivity contribution is 5.81. The van der Waals surface area contributed by atoms with Crippen LogP contribution in [0.2, 0.25) is 0 Å². The van der Waals surface area contributed by atoms with Gasteiger partial charge in [-0.1, -0.05) is 13.3 Å². The fourth-order valence-corrected chi connectivity index (χ4v) is 2.10. The molecule has 100 valence electrons. The molecule has 3 N–H and O–H groups in total. The van der Waals surface area contributed by atoms with Crippen molar-refractivity contribution < 1.29 is 14.6 Å². The smallest absolute Gasteiger partial charge is 0.237 e. The van der Waals surface area contributed by atoms with Crippen LogP contribution in [0.1, 0.15) is 26.2 Å². The summed E-state index contributed by atoms with van der Waals surface area (Å²) in [5, 5.41) is 14.6. The predicted octanol–water partition coefficient (Wildman–Crippen LogP) is -0.110. The van der Waals surface area contributed by atoms with E-state index in [4.69, 9.17) is 9.84 Å². The standard InChI is InChI=1S/C12H24N2O3/c1-2-10-3-4-13-11(9-10)12(16)14-5-7-17-8-6-15/h10-11,13,15H,2-9H2,1H3,(H,14,16). The molecule has 0 spiro atoms. The van der Waals surface area contributed by atoms with Gasteiger partial charge in [0, 0.05) is 6.54 Å². The van der Waals surface area contributed by atoms with Crippen molar-refractivity contribution >= 4 is 5.91 Å². The Labute approximate surface area is 103 Å². The van der Waals surface area contributed by atoms with E-state index < -0.39 is 0 Å². The van der Waals surface area contributed by atoms with E-state index in [2.05, 4.69) is 17.6 Å². The molecule has 17 heavy (non-hydrogen) atoms. The second-order valence-electron chi connectivity index (χ2n) is 4.43. The zero-order chi connectivity index (χ0) is 12.5. The van der Waals surface area contributed by atoms with E-state index in [0.717, 1.165) is 19.4 Å². The molecule has 1 heterocycles. The number of aliphatic hydroxyl groups excluding tert-OH is 1. The molecule has 1 saturated heterocycles. The maximum absolute atomic E-state index is 11.8. The quantitative estimate of drug-likeness (QED) is 0.547. The van der Waals surface area contributed by atoms with Gasteiger partial charge in [-0.05, 0) is 25.3 Å². The van der Waals surface area contributed by atoms with Crippen molar-refractivity contribution in [3.05, 3.63) is 0 Å². The van der Waals surface area contributed by atoms with Crippen molar-refractivity contribution in [1.82, 2.24) is 10.6 Å². The van der Waals surface area contributed by atoms with Crippen LogP contribution in [0, 0.1) is 5.92 Å². The summed E-state index contributed by atoms with van der Waals surface area (Å²) in [7, 11) is 0. The van der Waals surface area contributed by atoms with Gasteiger partial charge < -0.3 is 20.5 Å². The van der Waals surface area contributed by atoms with Crippen LogP contribution in [-0.2, 0) is 9.53 Å². The summed E-state index contributed by atoms with van der Waals surface area (Å²) < 4.78 is 5.08. The number of hydrogen-bond donors (Lipinski definition) is 3. The summed E-state index contributed by atoms with van der Waals surface area (Å²) >= 11 is 0. The number of rotatable bonds is 7. The first kappa shape index (κ1) is 14.4. The van der Waals surface area contributed by atoms with E-state index in [9.17, 15) is 4.79 Å². The van der Waals surface area contributed by atoms with E-state index in [1.807, 2.05) is 0 Å². The molecule has 0 bridgehead atoms. The molecule has 0 saturated carbocycles. The molecule has 1 rings (SSSR count). The van der Waals surface area contributed by atoms with Crippen LogP contribution in [-0.4, -0.2) is 50.0 Å². The third kappa shape index (κ3) is 5.48. The average Bonchev–Trinajstić information content (AvgIpc) is 2.38. The Kier molecular flexibility index (Phi) is 7.16. The van der Waals surface area contributed by atoms with Crippen molar-refractivity contribution in [1.29, 1.82) is 0 Å². The fourth-order valence-electron chi connectivity index (χ4n) is 2.10. The molecular weight excluding hydrogens is 220 g/mol. The molecule has 1 aliphatic heterocycles. The summed E-state index contributed by atoms with van der Waals surface area (Å²) in [6, 6.07) is -0.0495. The summed E-state index contributed by atoms with van der Waals surface area (Å²) in [5.41, 5.74) is 0. The van der Waals surface area contributed by atoms with Gasteiger partial charge in [0.05, 0.1) is 25.9 Å². The third-order valence-electron chi connectivity index (χ3n) is 3.19. The monoisotopic (exact) mass is 244 g/mol. The highest BCUT2D eigenvalue weighted by Crippen LogP contribution is 2.19. The van der Waals surface area contributed by atoms with Gasteiger partial charge in [-0.15, -0.1) is 0 Å². The normalized spacial score (nSPS) is 24.6. The molecule has 5 heteroatoms. The van der Waals surface area contributed by atoms with Gasteiger partial charge in [0.25, 0.3) is 0 Å². The summed E-state index contributed by atoms with van der Waals surface area (Å²) in [5.74, 6) is 0.730. The molecule has 1 fully saturated rings. The van der Waals surface area contributed by atoms with Gasteiger partial charge in [-0.3, -0.25) is 4.79 Å². The lowest BCUT2D eigenvalue weighted by Gasteiger charge is -2.28. The van der Waals surface area contributed by atoms with Crippen molar-refractivity contribution in [2.75, 3.05) is 32.9 Å². The molecule has 5 nitrogen and oxygen atoms in total. The van der Waals surface area contributed by atoms with Gasteiger partial charge in [0.2, 0.25) is 5.91 Å². The Bertz CT molecular complexity index is 224. The summed E-state index contributed by atoms with van der Waals surface area (Å²) in [4.78, 5) is 11.8. The lowest BCUT2D eigenvalue weighted by Crippen LogP contribution is -2.49. The highest BCUT2D eigenvalue weighted by atomic mass is 16.5. The minimum Gasteiger partial charge on any atom is -0.394 e. The Morgan fingerprint density at radius 1 is 1.53 bits per heavy atom.